The molecule has 0 aliphatic carbocycles. The minimum atomic E-state index is -0.228. The van der Waals surface area contributed by atoms with Crippen LogP contribution >= 0.6 is 0 Å². The van der Waals surface area contributed by atoms with Gasteiger partial charge in [0.15, 0.2) is 0 Å². The second kappa shape index (κ2) is 11.7. The van der Waals surface area contributed by atoms with E-state index in [9.17, 15) is 14.4 Å². The zero-order chi connectivity index (χ0) is 24.5. The van der Waals surface area contributed by atoms with Gasteiger partial charge in [0, 0.05) is 50.2 Å². The first-order chi connectivity index (χ1) is 16.3. The summed E-state index contributed by atoms with van der Waals surface area (Å²) in [6, 6.07) is 23.9. The predicted molar refractivity (Wildman–Crippen MR) is 136 cm³/mol. The number of carbonyl (C=O) groups excluding carboxylic acids is 3. The highest BCUT2D eigenvalue weighted by Gasteiger charge is 2.14. The van der Waals surface area contributed by atoms with E-state index in [1.165, 1.54) is 0 Å². The summed E-state index contributed by atoms with van der Waals surface area (Å²) in [4.78, 5) is 40.3. The normalized spacial score (nSPS) is 10.3. The molecule has 34 heavy (non-hydrogen) atoms. The van der Waals surface area contributed by atoms with Crippen molar-refractivity contribution in [3.05, 3.63) is 90.0 Å². The molecule has 0 bridgehead atoms. The number of nitrogens with one attached hydrogen (secondary N) is 2. The third-order valence-electron chi connectivity index (χ3n) is 5.35. The van der Waals surface area contributed by atoms with Crippen LogP contribution in [0.1, 0.15) is 22.3 Å². The number of benzene rings is 3. The molecule has 0 unspecified atom stereocenters. The van der Waals surface area contributed by atoms with E-state index in [-0.39, 0.29) is 24.3 Å². The molecule has 0 spiro atoms. The summed E-state index contributed by atoms with van der Waals surface area (Å²) in [5.74, 6) is -0.312. The molecule has 3 rings (SSSR count). The summed E-state index contributed by atoms with van der Waals surface area (Å²) in [7, 11) is 5.20. The van der Waals surface area contributed by atoms with Gasteiger partial charge in [-0.05, 0) is 54.4 Å². The Labute approximate surface area is 200 Å². The zero-order valence-electron chi connectivity index (χ0n) is 19.7. The van der Waals surface area contributed by atoms with E-state index >= 15 is 0 Å². The number of amides is 3. The van der Waals surface area contributed by atoms with Gasteiger partial charge in [0.05, 0.1) is 6.54 Å². The molecule has 0 aliphatic heterocycles. The van der Waals surface area contributed by atoms with Crippen LogP contribution in [-0.2, 0) is 16.0 Å². The molecule has 0 heterocycles. The fraction of sp³-hybridized carbons (Fsp3) is 0.222. The molecule has 7 nitrogen and oxygen atoms in total. The summed E-state index contributed by atoms with van der Waals surface area (Å²) in [6.07, 6.45) is 1.07. The van der Waals surface area contributed by atoms with E-state index in [0.717, 1.165) is 16.9 Å². The summed E-state index contributed by atoms with van der Waals surface area (Å²) in [6.45, 7) is 0.0716. The molecule has 0 saturated heterocycles. The highest BCUT2D eigenvalue weighted by atomic mass is 16.2. The Kier molecular flexibility index (Phi) is 8.40. The van der Waals surface area contributed by atoms with E-state index in [4.69, 9.17) is 0 Å². The summed E-state index contributed by atoms with van der Waals surface area (Å²) >= 11 is 0. The number of para-hydroxylation sites is 1. The van der Waals surface area contributed by atoms with Crippen LogP contribution < -0.4 is 15.5 Å². The van der Waals surface area contributed by atoms with Gasteiger partial charge in [-0.3, -0.25) is 14.4 Å². The topological polar surface area (TPSA) is 81.8 Å². The molecule has 0 radical (unpaired) electrons. The maximum Gasteiger partial charge on any atom is 0.258 e. The maximum absolute atomic E-state index is 12.8. The number of hydrogen-bond acceptors (Lipinski definition) is 4. The van der Waals surface area contributed by atoms with Crippen LogP contribution in [-0.4, -0.2) is 50.3 Å². The number of nitrogens with zero attached hydrogens (tertiary/aromatic N) is 2. The second-order valence-corrected chi connectivity index (χ2v) is 8.17. The van der Waals surface area contributed by atoms with Crippen molar-refractivity contribution in [2.24, 2.45) is 0 Å². The largest absolute Gasteiger partial charge is 0.376 e. The molecule has 3 amide bonds. The number of anilines is 3. The lowest BCUT2D eigenvalue weighted by atomic mass is 10.1. The van der Waals surface area contributed by atoms with Gasteiger partial charge in [-0.2, -0.15) is 0 Å². The SMILES string of the molecule is CN(C)C(=O)CCc1cccc(NCC(=O)Nc2cccc(C(=O)N(C)c3ccccc3)c2)c1. The third-order valence-corrected chi connectivity index (χ3v) is 5.35. The van der Waals surface area contributed by atoms with Crippen molar-refractivity contribution in [1.82, 2.24) is 4.90 Å². The maximum atomic E-state index is 12.8. The van der Waals surface area contributed by atoms with Crippen LogP contribution in [0.2, 0.25) is 0 Å². The molecule has 0 fully saturated rings. The van der Waals surface area contributed by atoms with Crippen molar-refractivity contribution in [2.45, 2.75) is 12.8 Å². The Bertz CT molecular complexity index is 1150. The van der Waals surface area contributed by atoms with Crippen molar-refractivity contribution in [2.75, 3.05) is 43.2 Å². The van der Waals surface area contributed by atoms with Gasteiger partial charge < -0.3 is 20.4 Å². The Hall–Kier alpha value is -4.13. The Morgan fingerprint density at radius 2 is 1.50 bits per heavy atom. The van der Waals surface area contributed by atoms with Gasteiger partial charge in [0.1, 0.15) is 0 Å². The Balaban J connectivity index is 1.55. The Morgan fingerprint density at radius 1 is 0.794 bits per heavy atom. The van der Waals surface area contributed by atoms with Crippen molar-refractivity contribution in [3.63, 3.8) is 0 Å². The number of carbonyl (C=O) groups is 3. The lowest BCUT2D eigenvalue weighted by Crippen LogP contribution is -2.26. The second-order valence-electron chi connectivity index (χ2n) is 8.17. The third kappa shape index (κ3) is 6.93. The molecule has 176 valence electrons. The average molecular weight is 459 g/mol. The van der Waals surface area contributed by atoms with Crippen LogP contribution in [0.3, 0.4) is 0 Å². The van der Waals surface area contributed by atoms with Gasteiger partial charge >= 0.3 is 0 Å². The van der Waals surface area contributed by atoms with E-state index in [2.05, 4.69) is 10.6 Å². The summed E-state index contributed by atoms with van der Waals surface area (Å²) < 4.78 is 0. The van der Waals surface area contributed by atoms with E-state index in [1.807, 2.05) is 54.6 Å². The van der Waals surface area contributed by atoms with Crippen molar-refractivity contribution < 1.29 is 14.4 Å². The number of aryl methyl sites for hydroxylation is 1. The molecule has 3 aromatic carbocycles. The first-order valence-electron chi connectivity index (χ1n) is 11.1. The van der Waals surface area contributed by atoms with Gasteiger partial charge in [-0.15, -0.1) is 0 Å². The molecular formula is C27H30N4O3. The average Bonchev–Trinajstić information content (AvgIpc) is 2.86. The van der Waals surface area contributed by atoms with Crippen LogP contribution in [0.4, 0.5) is 17.1 Å². The Morgan fingerprint density at radius 3 is 2.24 bits per heavy atom. The van der Waals surface area contributed by atoms with Crippen molar-refractivity contribution in [1.29, 1.82) is 0 Å². The number of rotatable bonds is 9. The van der Waals surface area contributed by atoms with Crippen LogP contribution in [0.5, 0.6) is 0 Å². The summed E-state index contributed by atoms with van der Waals surface area (Å²) in [5, 5.41) is 5.94. The highest BCUT2D eigenvalue weighted by molar-refractivity contribution is 6.06. The smallest absolute Gasteiger partial charge is 0.258 e. The molecule has 0 aromatic heterocycles. The van der Waals surface area contributed by atoms with Gasteiger partial charge in [-0.25, -0.2) is 0 Å². The van der Waals surface area contributed by atoms with Gasteiger partial charge in [0.2, 0.25) is 11.8 Å². The van der Waals surface area contributed by atoms with Gasteiger partial charge in [0.25, 0.3) is 5.91 Å². The first-order valence-corrected chi connectivity index (χ1v) is 11.1. The molecule has 3 aromatic rings. The van der Waals surface area contributed by atoms with Crippen LogP contribution in [0.25, 0.3) is 0 Å². The molecule has 7 heteroatoms. The molecule has 0 aliphatic rings. The first kappa shape index (κ1) is 24.5. The minimum Gasteiger partial charge on any atom is -0.376 e. The fourth-order valence-corrected chi connectivity index (χ4v) is 3.39. The lowest BCUT2D eigenvalue weighted by molar-refractivity contribution is -0.128. The van der Waals surface area contributed by atoms with Crippen LogP contribution in [0, 0.1) is 0 Å². The van der Waals surface area contributed by atoms with E-state index < -0.39 is 0 Å². The fourth-order valence-electron chi connectivity index (χ4n) is 3.39. The standard InChI is InChI=1S/C27H30N4O3/c1-30(2)26(33)16-15-20-9-7-11-22(17-20)28-19-25(32)29-23-12-8-10-21(18-23)27(34)31(3)24-13-5-4-6-14-24/h4-14,17-18,28H,15-16,19H2,1-3H3,(H,29,32). The highest BCUT2D eigenvalue weighted by Crippen LogP contribution is 2.18. The van der Waals surface area contributed by atoms with Gasteiger partial charge in [-0.1, -0.05) is 36.4 Å². The predicted octanol–water partition coefficient (Wildman–Crippen LogP) is 4.03. The molecule has 0 atom stereocenters. The lowest BCUT2D eigenvalue weighted by Gasteiger charge is -2.18. The molecule has 0 saturated carbocycles. The minimum absolute atomic E-state index is 0.0716. The molecular weight excluding hydrogens is 428 g/mol. The quantitative estimate of drug-likeness (QED) is 0.507. The monoisotopic (exact) mass is 458 g/mol. The number of hydrogen-bond donors (Lipinski definition) is 2. The summed E-state index contributed by atoms with van der Waals surface area (Å²) in [5.41, 5.74) is 3.65. The van der Waals surface area contributed by atoms with E-state index in [0.29, 0.717) is 24.1 Å². The van der Waals surface area contributed by atoms with Crippen molar-refractivity contribution in [3.8, 4) is 0 Å². The van der Waals surface area contributed by atoms with Crippen LogP contribution in [0.15, 0.2) is 78.9 Å². The molecule has 2 N–H and O–H groups in total. The van der Waals surface area contributed by atoms with E-state index in [1.54, 1.807) is 55.2 Å². The zero-order valence-corrected chi connectivity index (χ0v) is 19.7. The van der Waals surface area contributed by atoms with Crippen molar-refractivity contribution >= 4 is 34.8 Å².